The molecule has 0 amide bonds. The standard InChI is InChI=1S/C62H53BN2O/c1-59(2,3)34-19-22-36(23-20-34)65-52-32-48-43(42-29-35(60(4,5)6)21-27-47(42)62(48,9)10)30-45(52)39-24-25-41-55-51(28-26-40-38-16-12-14-18-54(38)66-58(40)55)64-53-33-49-44(31-50(53)63(65)56(39)57(41)64)37-15-11-13-17-46(37)61(49,7)8/h11-33H,1-10H3. The molecule has 14 rings (SSSR count). The number of aromatic nitrogens is 1. The van der Waals surface area contributed by atoms with E-state index in [0.717, 1.165) is 21.9 Å². The van der Waals surface area contributed by atoms with E-state index in [0.29, 0.717) is 0 Å². The van der Waals surface area contributed by atoms with Gasteiger partial charge in [-0.2, -0.15) is 0 Å². The van der Waals surface area contributed by atoms with Crippen molar-refractivity contribution in [2.24, 2.45) is 0 Å². The van der Waals surface area contributed by atoms with Gasteiger partial charge in [0.05, 0.1) is 16.4 Å². The average Bonchev–Trinajstić information content (AvgIpc) is 3.98. The molecule has 2 aliphatic heterocycles. The first kappa shape index (κ1) is 38.5. The zero-order valence-corrected chi connectivity index (χ0v) is 39.7. The lowest BCUT2D eigenvalue weighted by Gasteiger charge is -2.43. The molecule has 320 valence electrons. The van der Waals surface area contributed by atoms with E-state index in [9.17, 15) is 0 Å². The average molecular weight is 853 g/mol. The summed E-state index contributed by atoms with van der Waals surface area (Å²) in [5.41, 5.74) is 26.8. The van der Waals surface area contributed by atoms with Crippen LogP contribution in [0.25, 0.3) is 82.8 Å². The van der Waals surface area contributed by atoms with Crippen LogP contribution in [0.4, 0.5) is 11.4 Å². The van der Waals surface area contributed by atoms with Crippen molar-refractivity contribution in [1.29, 1.82) is 0 Å². The molecule has 0 N–H and O–H groups in total. The molecule has 0 saturated carbocycles. The fourth-order valence-corrected chi connectivity index (χ4v) is 13.0. The first-order chi connectivity index (χ1) is 31.5. The minimum atomic E-state index is -0.174. The van der Waals surface area contributed by atoms with Crippen molar-refractivity contribution in [1.82, 2.24) is 4.57 Å². The van der Waals surface area contributed by atoms with E-state index in [4.69, 9.17) is 4.42 Å². The highest BCUT2D eigenvalue weighted by Crippen LogP contribution is 2.56. The van der Waals surface area contributed by atoms with Crippen LogP contribution in [-0.2, 0) is 21.7 Å². The molecule has 0 atom stereocenters. The molecule has 4 heteroatoms. The van der Waals surface area contributed by atoms with Crippen molar-refractivity contribution >= 4 is 72.9 Å². The maximum Gasteiger partial charge on any atom is 0.333 e. The number of rotatable bonds is 1. The van der Waals surface area contributed by atoms with Crippen LogP contribution in [0.1, 0.15) is 103 Å². The Kier molecular flexibility index (Phi) is 7.09. The fraction of sp³-hybridized carbons (Fsp3) is 0.226. The second kappa shape index (κ2) is 12.2. The minimum Gasteiger partial charge on any atom is -0.455 e. The van der Waals surface area contributed by atoms with Crippen LogP contribution in [0.15, 0.2) is 144 Å². The molecule has 4 heterocycles. The SMILES string of the molecule is CC(C)(C)c1ccc(N2B3c4cc5c(cc4-n4c6ccc7c8ccccc8oc7c6c6ccc(c3c64)-c3cc4c(cc32)C(C)(C)c2ccc(C(C)(C)C)cc2-4)C(C)(C)c2ccccc2-5)cc1. The van der Waals surface area contributed by atoms with Gasteiger partial charge in [0, 0.05) is 49.6 Å². The van der Waals surface area contributed by atoms with Crippen LogP contribution in [0, 0.1) is 0 Å². The van der Waals surface area contributed by atoms with Gasteiger partial charge < -0.3 is 13.8 Å². The Morgan fingerprint density at radius 3 is 1.88 bits per heavy atom. The quantitative estimate of drug-likeness (QED) is 0.153. The number of hydrogen-bond acceptors (Lipinski definition) is 2. The van der Waals surface area contributed by atoms with Crippen LogP contribution < -0.4 is 15.7 Å². The topological polar surface area (TPSA) is 21.3 Å². The molecule has 4 aliphatic rings. The van der Waals surface area contributed by atoms with Crippen LogP contribution in [-0.4, -0.2) is 11.4 Å². The number of nitrogens with zero attached hydrogens (tertiary/aromatic N) is 2. The van der Waals surface area contributed by atoms with E-state index in [1.165, 1.54) is 117 Å². The van der Waals surface area contributed by atoms with E-state index >= 15 is 0 Å². The predicted molar refractivity (Wildman–Crippen MR) is 280 cm³/mol. The summed E-state index contributed by atoms with van der Waals surface area (Å²) in [7, 11) is 0. The predicted octanol–water partition coefficient (Wildman–Crippen LogP) is 15.1. The van der Waals surface area contributed by atoms with Crippen molar-refractivity contribution < 1.29 is 4.42 Å². The Bertz CT molecular complexity index is 3840. The molecular formula is C62H53BN2O. The summed E-state index contributed by atoms with van der Waals surface area (Å²) in [5.74, 6) is 0. The Morgan fingerprint density at radius 1 is 0.485 bits per heavy atom. The number of anilines is 2. The van der Waals surface area contributed by atoms with E-state index in [1.54, 1.807) is 0 Å². The van der Waals surface area contributed by atoms with Gasteiger partial charge >= 0.3 is 6.85 Å². The van der Waals surface area contributed by atoms with Gasteiger partial charge in [-0.1, -0.05) is 160 Å². The van der Waals surface area contributed by atoms with Gasteiger partial charge in [0.2, 0.25) is 0 Å². The van der Waals surface area contributed by atoms with E-state index in [-0.39, 0.29) is 28.5 Å². The molecule has 10 aromatic rings. The third-order valence-corrected chi connectivity index (χ3v) is 16.5. The van der Waals surface area contributed by atoms with Gasteiger partial charge in [-0.25, -0.2) is 0 Å². The van der Waals surface area contributed by atoms with Gasteiger partial charge in [-0.15, -0.1) is 0 Å². The smallest absolute Gasteiger partial charge is 0.333 e. The van der Waals surface area contributed by atoms with E-state index < -0.39 is 0 Å². The molecule has 3 nitrogen and oxygen atoms in total. The number of benzene rings is 8. The minimum absolute atomic E-state index is 0.0285. The first-order valence-electron chi connectivity index (χ1n) is 24.0. The van der Waals surface area contributed by atoms with Crippen LogP contribution in [0.3, 0.4) is 0 Å². The summed E-state index contributed by atoms with van der Waals surface area (Å²) in [6.07, 6.45) is 0. The summed E-state index contributed by atoms with van der Waals surface area (Å²) in [6, 6.07) is 54.2. The van der Waals surface area contributed by atoms with Crippen LogP contribution >= 0.6 is 0 Å². The highest BCUT2D eigenvalue weighted by Gasteiger charge is 2.48. The van der Waals surface area contributed by atoms with Crippen molar-refractivity contribution in [3.05, 3.63) is 173 Å². The van der Waals surface area contributed by atoms with Crippen molar-refractivity contribution in [3.63, 3.8) is 0 Å². The number of fused-ring (bicyclic) bond motifs is 18. The summed E-state index contributed by atoms with van der Waals surface area (Å²) >= 11 is 0. The highest BCUT2D eigenvalue weighted by atomic mass is 16.3. The zero-order chi connectivity index (χ0) is 45.1. The fourth-order valence-electron chi connectivity index (χ4n) is 13.0. The van der Waals surface area contributed by atoms with Crippen LogP contribution in [0.2, 0.25) is 0 Å². The molecule has 2 aliphatic carbocycles. The van der Waals surface area contributed by atoms with E-state index in [2.05, 4.69) is 218 Å². The summed E-state index contributed by atoms with van der Waals surface area (Å²) in [5, 5.41) is 4.74. The summed E-state index contributed by atoms with van der Waals surface area (Å²) < 4.78 is 9.54. The third kappa shape index (κ3) is 4.70. The van der Waals surface area contributed by atoms with Gasteiger partial charge in [-0.05, 0) is 131 Å². The van der Waals surface area contributed by atoms with Gasteiger partial charge in [0.25, 0.3) is 0 Å². The lowest BCUT2D eigenvalue weighted by molar-refractivity contribution is 0.589. The molecule has 0 unspecified atom stereocenters. The zero-order valence-electron chi connectivity index (χ0n) is 39.7. The highest BCUT2D eigenvalue weighted by molar-refractivity contribution is 6.93. The van der Waals surface area contributed by atoms with Gasteiger partial charge in [-0.3, -0.25) is 0 Å². The third-order valence-electron chi connectivity index (χ3n) is 16.5. The lowest BCUT2D eigenvalue weighted by atomic mass is 9.43. The monoisotopic (exact) mass is 852 g/mol. The number of para-hydroxylation sites is 1. The maximum absolute atomic E-state index is 6.92. The van der Waals surface area contributed by atoms with Gasteiger partial charge in [0.15, 0.2) is 0 Å². The molecule has 8 aromatic carbocycles. The number of hydrogen-bond donors (Lipinski definition) is 0. The van der Waals surface area contributed by atoms with E-state index in [1.807, 2.05) is 0 Å². The first-order valence-corrected chi connectivity index (χ1v) is 24.0. The molecule has 0 bridgehead atoms. The second-order valence-corrected chi connectivity index (χ2v) is 22.9. The Balaban J connectivity index is 1.15. The molecule has 2 aromatic heterocycles. The normalized spacial score (nSPS) is 15.9. The molecule has 66 heavy (non-hydrogen) atoms. The number of furan rings is 1. The lowest BCUT2D eigenvalue weighted by Crippen LogP contribution is -2.60. The Labute approximate surface area is 387 Å². The van der Waals surface area contributed by atoms with Crippen LogP contribution in [0.5, 0.6) is 0 Å². The largest absolute Gasteiger partial charge is 0.455 e. The molecule has 0 fully saturated rings. The Hall–Kier alpha value is -6.78. The van der Waals surface area contributed by atoms with Crippen molar-refractivity contribution in [2.75, 3.05) is 4.81 Å². The molecular weight excluding hydrogens is 800 g/mol. The molecule has 0 spiro atoms. The maximum atomic E-state index is 6.92. The second-order valence-electron chi connectivity index (χ2n) is 22.9. The van der Waals surface area contributed by atoms with Gasteiger partial charge in [0.1, 0.15) is 11.2 Å². The van der Waals surface area contributed by atoms with Crippen molar-refractivity contribution in [2.45, 2.75) is 90.9 Å². The molecule has 0 radical (unpaired) electrons. The molecule has 0 saturated heterocycles. The Morgan fingerprint density at radius 2 is 1.12 bits per heavy atom. The summed E-state index contributed by atoms with van der Waals surface area (Å²) in [4.78, 5) is 2.72. The van der Waals surface area contributed by atoms with Crippen molar-refractivity contribution in [3.8, 4) is 39.1 Å². The summed E-state index contributed by atoms with van der Waals surface area (Å²) in [6.45, 7) is 23.5.